The van der Waals surface area contributed by atoms with Crippen molar-refractivity contribution in [1.82, 2.24) is 0 Å². The number of benzene rings is 3. The molecule has 0 saturated carbocycles. The molecule has 0 aliphatic carbocycles. The Morgan fingerprint density at radius 1 is 0.629 bits per heavy atom. The van der Waals surface area contributed by atoms with E-state index in [1.54, 1.807) is 54.6 Å². The molecule has 0 bridgehead atoms. The van der Waals surface area contributed by atoms with E-state index in [9.17, 15) is 19.8 Å². The van der Waals surface area contributed by atoms with Gasteiger partial charge in [0.1, 0.15) is 22.7 Å². The van der Waals surface area contributed by atoms with Gasteiger partial charge in [-0.25, -0.2) is 9.59 Å². The lowest BCUT2D eigenvalue weighted by Crippen LogP contribution is -2.21. The molecule has 0 aliphatic heterocycles. The number of aryl methyl sites for hydroxylation is 4. The summed E-state index contributed by atoms with van der Waals surface area (Å²) in [5, 5.41) is 23.4. The number of aromatic hydroxyl groups is 2. The third-order valence-electron chi connectivity index (χ3n) is 6.77. The molecule has 0 amide bonds. The molecular formula is C29H24O6. The zero-order chi connectivity index (χ0) is 25.0. The summed E-state index contributed by atoms with van der Waals surface area (Å²) >= 11 is 0. The van der Waals surface area contributed by atoms with Crippen molar-refractivity contribution in [2.75, 3.05) is 0 Å². The molecule has 176 valence electrons. The van der Waals surface area contributed by atoms with E-state index in [2.05, 4.69) is 0 Å². The van der Waals surface area contributed by atoms with Crippen molar-refractivity contribution in [2.24, 2.45) is 0 Å². The minimum Gasteiger partial charge on any atom is -0.507 e. The summed E-state index contributed by atoms with van der Waals surface area (Å²) in [6, 6.07) is 15.6. The van der Waals surface area contributed by atoms with Crippen molar-refractivity contribution in [3.05, 3.63) is 114 Å². The molecule has 6 heteroatoms. The molecule has 0 atom stereocenters. The molecule has 0 spiro atoms. The zero-order valence-corrected chi connectivity index (χ0v) is 19.8. The Morgan fingerprint density at radius 3 is 1.46 bits per heavy atom. The molecule has 6 nitrogen and oxygen atoms in total. The molecule has 0 aliphatic rings. The zero-order valence-electron chi connectivity index (χ0n) is 19.8. The first kappa shape index (κ1) is 22.5. The van der Waals surface area contributed by atoms with E-state index in [1.165, 1.54) is 0 Å². The van der Waals surface area contributed by atoms with Crippen LogP contribution in [0.1, 0.15) is 44.9 Å². The number of hydrogen-bond donors (Lipinski definition) is 2. The summed E-state index contributed by atoms with van der Waals surface area (Å²) in [5.74, 6) is -1.72. The van der Waals surface area contributed by atoms with Gasteiger partial charge in [-0.05, 0) is 79.8 Å². The normalized spacial score (nSPS) is 11.6. The van der Waals surface area contributed by atoms with Crippen LogP contribution in [0.15, 0.2) is 73.0 Å². The molecule has 2 heterocycles. The van der Waals surface area contributed by atoms with Crippen molar-refractivity contribution >= 4 is 21.9 Å². The summed E-state index contributed by atoms with van der Waals surface area (Å²) in [5.41, 5.74) is 2.75. The SMILES string of the molecule is Cc1cc2oc(=O)c(C(c3ccccc3)c3c(O)c4cc(C)c(C)cc4oc3=O)c(O)c2cc1C. The van der Waals surface area contributed by atoms with Crippen molar-refractivity contribution in [1.29, 1.82) is 0 Å². The summed E-state index contributed by atoms with van der Waals surface area (Å²) in [6.45, 7) is 7.55. The van der Waals surface area contributed by atoms with E-state index in [-0.39, 0.29) is 33.8 Å². The maximum Gasteiger partial charge on any atom is 0.344 e. The van der Waals surface area contributed by atoms with Crippen LogP contribution in [0.3, 0.4) is 0 Å². The molecule has 0 saturated heterocycles. The second-order valence-electron chi connectivity index (χ2n) is 9.01. The van der Waals surface area contributed by atoms with Gasteiger partial charge >= 0.3 is 11.3 Å². The highest BCUT2D eigenvalue weighted by Crippen LogP contribution is 2.42. The van der Waals surface area contributed by atoms with Gasteiger partial charge < -0.3 is 19.0 Å². The Bertz CT molecular complexity index is 1630. The summed E-state index contributed by atoms with van der Waals surface area (Å²) in [6.07, 6.45) is 0. The van der Waals surface area contributed by atoms with Crippen LogP contribution in [0.5, 0.6) is 11.5 Å². The second-order valence-corrected chi connectivity index (χ2v) is 9.01. The van der Waals surface area contributed by atoms with Gasteiger partial charge in [-0.2, -0.15) is 0 Å². The molecule has 3 aromatic carbocycles. The molecule has 2 aromatic heterocycles. The van der Waals surface area contributed by atoms with Crippen LogP contribution in [0, 0.1) is 27.7 Å². The van der Waals surface area contributed by atoms with E-state index in [0.29, 0.717) is 16.3 Å². The minimum absolute atomic E-state index is 0.141. The van der Waals surface area contributed by atoms with Gasteiger partial charge in [0.05, 0.1) is 27.8 Å². The molecule has 0 fully saturated rings. The molecular weight excluding hydrogens is 444 g/mol. The Morgan fingerprint density at radius 2 is 1.03 bits per heavy atom. The summed E-state index contributed by atoms with van der Waals surface area (Å²) in [7, 11) is 0. The van der Waals surface area contributed by atoms with Crippen molar-refractivity contribution in [3.63, 3.8) is 0 Å². The van der Waals surface area contributed by atoms with Crippen LogP contribution >= 0.6 is 0 Å². The van der Waals surface area contributed by atoms with Gasteiger partial charge in [0.15, 0.2) is 0 Å². The molecule has 0 radical (unpaired) electrons. The number of hydrogen-bond acceptors (Lipinski definition) is 6. The molecule has 2 N–H and O–H groups in total. The summed E-state index contributed by atoms with van der Waals surface area (Å²) in [4.78, 5) is 26.6. The first-order chi connectivity index (χ1) is 16.7. The maximum absolute atomic E-state index is 13.3. The summed E-state index contributed by atoms with van der Waals surface area (Å²) < 4.78 is 11.2. The van der Waals surface area contributed by atoms with Gasteiger partial charge in [0.2, 0.25) is 0 Å². The second kappa shape index (κ2) is 8.17. The Labute approximate surface area is 200 Å². The molecule has 5 rings (SSSR count). The Hall–Kier alpha value is -4.32. The Kier molecular flexibility index (Phi) is 5.24. The molecule has 5 aromatic rings. The van der Waals surface area contributed by atoms with Crippen LogP contribution in [-0.2, 0) is 0 Å². The van der Waals surface area contributed by atoms with Gasteiger partial charge in [0.25, 0.3) is 0 Å². The van der Waals surface area contributed by atoms with Crippen LogP contribution in [0.25, 0.3) is 21.9 Å². The average molecular weight is 469 g/mol. The lowest BCUT2D eigenvalue weighted by molar-refractivity contribution is 0.441. The van der Waals surface area contributed by atoms with E-state index in [1.807, 2.05) is 27.7 Å². The predicted molar refractivity (Wildman–Crippen MR) is 135 cm³/mol. The van der Waals surface area contributed by atoms with E-state index < -0.39 is 17.2 Å². The van der Waals surface area contributed by atoms with Crippen LogP contribution in [0.4, 0.5) is 0 Å². The first-order valence-corrected chi connectivity index (χ1v) is 11.3. The fraction of sp³-hybridized carbons (Fsp3) is 0.172. The lowest BCUT2D eigenvalue weighted by atomic mass is 9.84. The van der Waals surface area contributed by atoms with Crippen molar-refractivity contribution in [2.45, 2.75) is 33.6 Å². The predicted octanol–water partition coefficient (Wildman–Crippen LogP) is 5.72. The van der Waals surface area contributed by atoms with Crippen LogP contribution in [-0.4, -0.2) is 10.2 Å². The molecule has 0 unspecified atom stereocenters. The minimum atomic E-state index is -1.12. The van der Waals surface area contributed by atoms with Gasteiger partial charge in [-0.15, -0.1) is 0 Å². The van der Waals surface area contributed by atoms with Gasteiger partial charge in [-0.3, -0.25) is 0 Å². The smallest absolute Gasteiger partial charge is 0.344 e. The van der Waals surface area contributed by atoms with E-state index in [0.717, 1.165) is 22.3 Å². The highest BCUT2D eigenvalue weighted by Gasteiger charge is 2.32. The van der Waals surface area contributed by atoms with Crippen LogP contribution < -0.4 is 11.3 Å². The fourth-order valence-electron chi connectivity index (χ4n) is 4.54. The lowest BCUT2D eigenvalue weighted by Gasteiger charge is -2.20. The standard InChI is InChI=1S/C29H24O6/c1-14-10-19-21(12-16(14)3)34-28(32)24(26(19)30)23(18-8-6-5-7-9-18)25-27(31)20-11-15(2)17(4)13-22(20)35-29(25)33/h5-13,23,30-31H,1-4H3. The van der Waals surface area contributed by atoms with E-state index >= 15 is 0 Å². The quantitative estimate of drug-likeness (QED) is 0.328. The average Bonchev–Trinajstić information content (AvgIpc) is 2.81. The monoisotopic (exact) mass is 468 g/mol. The van der Waals surface area contributed by atoms with Crippen molar-refractivity contribution in [3.8, 4) is 11.5 Å². The number of rotatable bonds is 3. The van der Waals surface area contributed by atoms with Crippen molar-refractivity contribution < 1.29 is 19.0 Å². The van der Waals surface area contributed by atoms with E-state index in [4.69, 9.17) is 8.83 Å². The van der Waals surface area contributed by atoms with Gasteiger partial charge in [-0.1, -0.05) is 30.3 Å². The highest BCUT2D eigenvalue weighted by atomic mass is 16.4. The highest BCUT2D eigenvalue weighted by molar-refractivity contribution is 5.88. The maximum atomic E-state index is 13.3. The third-order valence-corrected chi connectivity index (χ3v) is 6.77. The Balaban J connectivity index is 1.91. The number of fused-ring (bicyclic) bond motifs is 2. The third kappa shape index (κ3) is 3.58. The van der Waals surface area contributed by atoms with Crippen LogP contribution in [0.2, 0.25) is 0 Å². The fourth-order valence-corrected chi connectivity index (χ4v) is 4.54. The first-order valence-electron chi connectivity index (χ1n) is 11.3. The van der Waals surface area contributed by atoms with Gasteiger partial charge in [0, 0.05) is 0 Å². The topological polar surface area (TPSA) is 101 Å². The largest absolute Gasteiger partial charge is 0.507 e. The molecule has 35 heavy (non-hydrogen) atoms.